The molecule has 9 heteroatoms. The Morgan fingerprint density at radius 1 is 1.38 bits per heavy atom. The summed E-state index contributed by atoms with van der Waals surface area (Å²) in [5.41, 5.74) is 6.46. The number of nitrogens with one attached hydrogen (secondary N) is 1. The third-order valence-corrected chi connectivity index (χ3v) is 4.92. The quantitative estimate of drug-likeness (QED) is 0.462. The van der Waals surface area contributed by atoms with E-state index in [1.54, 1.807) is 23.9 Å². The van der Waals surface area contributed by atoms with Crippen LogP contribution >= 0.6 is 46.5 Å². The summed E-state index contributed by atoms with van der Waals surface area (Å²) >= 11 is 14.9. The van der Waals surface area contributed by atoms with E-state index in [0.717, 1.165) is 16.5 Å². The van der Waals surface area contributed by atoms with E-state index in [-0.39, 0.29) is 5.91 Å². The number of carbonyl (C=O) groups excluding carboxylic acids is 1. The number of halogens is 2. The van der Waals surface area contributed by atoms with E-state index in [1.807, 2.05) is 0 Å². The highest BCUT2D eigenvalue weighted by atomic mass is 35.5. The topological polar surface area (TPSA) is 80.9 Å². The van der Waals surface area contributed by atoms with Crippen LogP contribution in [0.15, 0.2) is 22.8 Å². The van der Waals surface area contributed by atoms with Gasteiger partial charge in [-0.15, -0.1) is 0 Å². The van der Waals surface area contributed by atoms with Gasteiger partial charge in [0.25, 0.3) is 0 Å². The van der Waals surface area contributed by atoms with Gasteiger partial charge >= 0.3 is 0 Å². The van der Waals surface area contributed by atoms with Crippen LogP contribution in [0.1, 0.15) is 12.8 Å². The molecule has 2 rings (SSSR count). The van der Waals surface area contributed by atoms with Crippen LogP contribution < -0.4 is 11.1 Å². The molecular weight excluding hydrogens is 351 g/mol. The van der Waals surface area contributed by atoms with Crippen LogP contribution in [0.25, 0.3) is 0 Å². The fourth-order valence-corrected chi connectivity index (χ4v) is 3.58. The van der Waals surface area contributed by atoms with E-state index >= 15 is 0 Å². The first-order valence-electron chi connectivity index (χ1n) is 6.00. The van der Waals surface area contributed by atoms with Gasteiger partial charge in [-0.2, -0.15) is 4.37 Å². The Kier molecular flexibility index (Phi) is 6.10. The number of nitrogens with two attached hydrogens (primary N) is 1. The van der Waals surface area contributed by atoms with Crippen molar-refractivity contribution in [3.05, 3.63) is 28.5 Å². The van der Waals surface area contributed by atoms with Crippen molar-refractivity contribution in [2.75, 3.05) is 16.8 Å². The zero-order chi connectivity index (χ0) is 15.2. The average Bonchev–Trinajstić information content (AvgIpc) is 2.92. The molecule has 5 nitrogen and oxygen atoms in total. The second kappa shape index (κ2) is 7.84. The number of aromatic nitrogens is 2. The number of hydrogen-bond acceptors (Lipinski definition) is 6. The third kappa shape index (κ3) is 5.03. The maximum Gasteiger partial charge on any atom is 0.224 e. The van der Waals surface area contributed by atoms with Crippen LogP contribution in [0, 0.1) is 0 Å². The molecule has 3 N–H and O–H groups in total. The van der Waals surface area contributed by atoms with Crippen LogP contribution in [0.2, 0.25) is 10.0 Å². The molecule has 0 unspecified atom stereocenters. The first-order valence-corrected chi connectivity index (χ1v) is 8.51. The Labute approximate surface area is 140 Å². The molecule has 0 saturated carbocycles. The van der Waals surface area contributed by atoms with Gasteiger partial charge in [-0.25, -0.2) is 4.98 Å². The minimum atomic E-state index is -0.138. The van der Waals surface area contributed by atoms with E-state index in [1.165, 1.54) is 17.9 Å². The maximum absolute atomic E-state index is 11.9. The standard InChI is InChI=1S/C12H12Cl2N4OS2/c13-8-4-7(15)5-9(14)11(8)18-10(19)2-1-3-20-12-16-6-17-21-12/h4-6H,1-3,15H2,(H,18,19). The van der Waals surface area contributed by atoms with Crippen molar-refractivity contribution in [3.8, 4) is 0 Å². The monoisotopic (exact) mass is 362 g/mol. The van der Waals surface area contributed by atoms with Gasteiger partial charge in [0.15, 0.2) is 4.34 Å². The molecule has 0 fully saturated rings. The molecule has 0 radical (unpaired) electrons. The molecule has 0 aliphatic rings. The Balaban J connectivity index is 1.79. The normalized spacial score (nSPS) is 10.6. The van der Waals surface area contributed by atoms with Crippen molar-refractivity contribution >= 4 is 63.8 Å². The average molecular weight is 363 g/mol. The Bertz CT molecular complexity index is 599. The van der Waals surface area contributed by atoms with Crippen LogP contribution in [-0.4, -0.2) is 21.0 Å². The summed E-state index contributed by atoms with van der Waals surface area (Å²) in [6.07, 6.45) is 2.62. The van der Waals surface area contributed by atoms with Gasteiger partial charge in [0.1, 0.15) is 6.33 Å². The molecule has 1 aromatic carbocycles. The number of rotatable bonds is 6. The van der Waals surface area contributed by atoms with Gasteiger partial charge in [0, 0.05) is 17.9 Å². The summed E-state index contributed by atoms with van der Waals surface area (Å²) < 4.78 is 4.81. The second-order valence-corrected chi connectivity index (χ2v) is 7.00. The number of benzene rings is 1. The van der Waals surface area contributed by atoms with Crippen LogP contribution in [0.3, 0.4) is 0 Å². The molecule has 0 bridgehead atoms. The fraction of sp³-hybridized carbons (Fsp3) is 0.250. The Morgan fingerprint density at radius 3 is 2.71 bits per heavy atom. The Hall–Kier alpha value is -1.02. The summed E-state index contributed by atoms with van der Waals surface area (Å²) in [6.45, 7) is 0. The molecular formula is C12H12Cl2N4OS2. The van der Waals surface area contributed by atoms with Crippen molar-refractivity contribution in [2.24, 2.45) is 0 Å². The van der Waals surface area contributed by atoms with Gasteiger partial charge in [0.05, 0.1) is 15.7 Å². The SMILES string of the molecule is Nc1cc(Cl)c(NC(=O)CCCSc2ncns2)c(Cl)c1. The minimum Gasteiger partial charge on any atom is -0.399 e. The number of amides is 1. The third-order valence-electron chi connectivity index (χ3n) is 2.44. The van der Waals surface area contributed by atoms with Gasteiger partial charge in [-0.3, -0.25) is 4.79 Å². The van der Waals surface area contributed by atoms with E-state index in [0.29, 0.717) is 27.8 Å². The van der Waals surface area contributed by atoms with Crippen LogP contribution in [0.4, 0.5) is 11.4 Å². The molecule has 0 spiro atoms. The van der Waals surface area contributed by atoms with Crippen LogP contribution in [-0.2, 0) is 4.79 Å². The van der Waals surface area contributed by atoms with Crippen molar-refractivity contribution in [1.29, 1.82) is 0 Å². The van der Waals surface area contributed by atoms with Gasteiger partial charge < -0.3 is 11.1 Å². The molecule has 2 aromatic rings. The summed E-state index contributed by atoms with van der Waals surface area (Å²) in [7, 11) is 0. The van der Waals surface area contributed by atoms with E-state index < -0.39 is 0 Å². The number of nitrogen functional groups attached to an aromatic ring is 1. The molecule has 112 valence electrons. The van der Waals surface area contributed by atoms with Crippen molar-refractivity contribution in [2.45, 2.75) is 17.2 Å². The predicted octanol–water partition coefficient (Wildman–Crippen LogP) is 3.94. The number of nitrogens with zero attached hydrogens (tertiary/aromatic N) is 2. The lowest BCUT2D eigenvalue weighted by molar-refractivity contribution is -0.116. The van der Waals surface area contributed by atoms with E-state index in [4.69, 9.17) is 28.9 Å². The largest absolute Gasteiger partial charge is 0.399 e. The second-order valence-electron chi connectivity index (χ2n) is 4.07. The molecule has 1 heterocycles. The van der Waals surface area contributed by atoms with Crippen molar-refractivity contribution in [3.63, 3.8) is 0 Å². The molecule has 0 aliphatic heterocycles. The first-order chi connectivity index (χ1) is 10.1. The number of anilines is 2. The van der Waals surface area contributed by atoms with Gasteiger partial charge in [0.2, 0.25) is 5.91 Å². The summed E-state index contributed by atoms with van der Waals surface area (Å²) in [6, 6.07) is 3.10. The van der Waals surface area contributed by atoms with Gasteiger partial charge in [-0.1, -0.05) is 35.0 Å². The fourth-order valence-electron chi connectivity index (χ4n) is 1.53. The maximum atomic E-state index is 11.9. The first kappa shape index (κ1) is 16.4. The van der Waals surface area contributed by atoms with E-state index in [2.05, 4.69) is 14.7 Å². The lowest BCUT2D eigenvalue weighted by Gasteiger charge is -2.10. The van der Waals surface area contributed by atoms with Crippen molar-refractivity contribution < 1.29 is 4.79 Å². The van der Waals surface area contributed by atoms with Crippen molar-refractivity contribution in [1.82, 2.24) is 9.36 Å². The van der Waals surface area contributed by atoms with Crippen LogP contribution in [0.5, 0.6) is 0 Å². The molecule has 1 amide bonds. The predicted molar refractivity (Wildman–Crippen MR) is 89.4 cm³/mol. The Morgan fingerprint density at radius 2 is 2.10 bits per heavy atom. The summed E-state index contributed by atoms with van der Waals surface area (Å²) in [5, 5.41) is 3.37. The molecule has 0 aliphatic carbocycles. The molecule has 21 heavy (non-hydrogen) atoms. The highest BCUT2D eigenvalue weighted by Gasteiger charge is 2.11. The van der Waals surface area contributed by atoms with Gasteiger partial charge in [-0.05, 0) is 30.1 Å². The highest BCUT2D eigenvalue weighted by molar-refractivity contribution is 8.00. The minimum absolute atomic E-state index is 0.138. The molecule has 0 atom stereocenters. The number of carbonyl (C=O) groups is 1. The lowest BCUT2D eigenvalue weighted by Crippen LogP contribution is -2.12. The smallest absolute Gasteiger partial charge is 0.224 e. The summed E-state index contributed by atoms with van der Waals surface area (Å²) in [4.78, 5) is 15.9. The number of thioether (sulfide) groups is 1. The lowest BCUT2D eigenvalue weighted by atomic mass is 10.2. The zero-order valence-electron chi connectivity index (χ0n) is 10.8. The highest BCUT2D eigenvalue weighted by Crippen LogP contribution is 2.33. The summed E-state index contributed by atoms with van der Waals surface area (Å²) in [5.74, 6) is 0.660. The molecule has 0 saturated heterocycles. The van der Waals surface area contributed by atoms with E-state index in [9.17, 15) is 4.79 Å². The zero-order valence-corrected chi connectivity index (χ0v) is 14.0. The number of hydrogen-bond donors (Lipinski definition) is 2. The molecule has 1 aromatic heterocycles.